The molecule has 0 radical (unpaired) electrons. The zero-order valence-electron chi connectivity index (χ0n) is 14.8. The van der Waals surface area contributed by atoms with Crippen LogP contribution in [-0.2, 0) is 6.54 Å². The number of hydrogen-bond acceptors (Lipinski definition) is 4. The Kier molecular flexibility index (Phi) is 5.36. The van der Waals surface area contributed by atoms with E-state index >= 15 is 0 Å². The maximum atomic E-state index is 9.87. The molecule has 2 aromatic rings. The van der Waals surface area contributed by atoms with Crippen LogP contribution in [0.1, 0.15) is 43.9 Å². The monoisotopic (exact) mass is 328 g/mol. The van der Waals surface area contributed by atoms with Crippen molar-refractivity contribution in [1.82, 2.24) is 10.1 Å². The molecule has 0 saturated carbocycles. The third-order valence-electron chi connectivity index (χ3n) is 5.14. The molecule has 1 unspecified atom stereocenters. The highest BCUT2D eigenvalue weighted by Crippen LogP contribution is 2.35. The van der Waals surface area contributed by atoms with Gasteiger partial charge in [-0.2, -0.15) is 0 Å². The van der Waals surface area contributed by atoms with Crippen LogP contribution in [-0.4, -0.2) is 34.9 Å². The number of aliphatic hydroxyl groups excluding tert-OH is 1. The van der Waals surface area contributed by atoms with E-state index < -0.39 is 0 Å². The summed E-state index contributed by atoms with van der Waals surface area (Å²) in [4.78, 5) is 2.40. The molecule has 4 nitrogen and oxygen atoms in total. The fraction of sp³-hybridized carbons (Fsp3) is 0.550. The molecule has 1 aromatic heterocycles. The molecule has 0 aliphatic carbocycles. The number of piperidine rings is 1. The van der Waals surface area contributed by atoms with E-state index in [0.29, 0.717) is 0 Å². The summed E-state index contributed by atoms with van der Waals surface area (Å²) in [5, 5.41) is 14.1. The number of hydrogen-bond donors (Lipinski definition) is 1. The summed E-state index contributed by atoms with van der Waals surface area (Å²) in [6.45, 7) is 7.33. The summed E-state index contributed by atoms with van der Waals surface area (Å²) in [5.41, 5.74) is 3.29. The number of aryl methyl sites for hydroxylation is 1. The molecular formula is C20H28N2O2. The van der Waals surface area contributed by atoms with E-state index in [0.717, 1.165) is 62.3 Å². The van der Waals surface area contributed by atoms with Crippen LogP contribution in [0.15, 0.2) is 34.9 Å². The first-order valence-corrected chi connectivity index (χ1v) is 9.00. The van der Waals surface area contributed by atoms with Crippen molar-refractivity contribution in [3.05, 3.63) is 41.7 Å². The molecule has 1 saturated heterocycles. The van der Waals surface area contributed by atoms with E-state index in [2.05, 4.69) is 48.2 Å². The van der Waals surface area contributed by atoms with E-state index in [1.807, 2.05) is 6.07 Å². The summed E-state index contributed by atoms with van der Waals surface area (Å²) in [6, 6.07) is 10.4. The molecule has 2 heterocycles. The summed E-state index contributed by atoms with van der Waals surface area (Å²) in [5.74, 6) is 0.899. The fourth-order valence-electron chi connectivity index (χ4n) is 3.86. The van der Waals surface area contributed by atoms with Gasteiger partial charge in [-0.15, -0.1) is 0 Å². The quantitative estimate of drug-likeness (QED) is 0.870. The van der Waals surface area contributed by atoms with Crippen LogP contribution in [0.3, 0.4) is 0 Å². The maximum Gasteiger partial charge on any atom is 0.151 e. The van der Waals surface area contributed by atoms with Crippen LogP contribution >= 0.6 is 0 Å². The van der Waals surface area contributed by atoms with Gasteiger partial charge in [-0.1, -0.05) is 48.3 Å². The predicted octanol–water partition coefficient (Wildman–Crippen LogP) is 4.02. The first kappa shape index (κ1) is 17.2. The molecule has 24 heavy (non-hydrogen) atoms. The van der Waals surface area contributed by atoms with Gasteiger partial charge in [0.1, 0.15) is 5.69 Å². The number of benzene rings is 1. The maximum absolute atomic E-state index is 9.87. The molecule has 3 rings (SSSR count). The van der Waals surface area contributed by atoms with Gasteiger partial charge in [0.25, 0.3) is 0 Å². The predicted molar refractivity (Wildman–Crippen MR) is 95.6 cm³/mol. The van der Waals surface area contributed by atoms with Gasteiger partial charge in [0.2, 0.25) is 0 Å². The Balaban J connectivity index is 1.67. The van der Waals surface area contributed by atoms with Crippen molar-refractivity contribution in [2.24, 2.45) is 5.41 Å². The van der Waals surface area contributed by atoms with Gasteiger partial charge >= 0.3 is 0 Å². The van der Waals surface area contributed by atoms with Gasteiger partial charge in [0.15, 0.2) is 5.76 Å². The molecule has 1 fully saturated rings. The first-order valence-electron chi connectivity index (χ1n) is 9.00. The van der Waals surface area contributed by atoms with Crippen LogP contribution in [0.2, 0.25) is 0 Å². The highest BCUT2D eigenvalue weighted by atomic mass is 16.5. The van der Waals surface area contributed by atoms with Crippen molar-refractivity contribution in [2.45, 2.75) is 46.1 Å². The number of likely N-dealkylation sites (tertiary alicyclic amines) is 1. The minimum absolute atomic E-state index is 0.0623. The van der Waals surface area contributed by atoms with Crippen LogP contribution in [0, 0.1) is 12.3 Å². The van der Waals surface area contributed by atoms with Gasteiger partial charge in [-0.3, -0.25) is 4.90 Å². The molecule has 1 aromatic carbocycles. The van der Waals surface area contributed by atoms with Gasteiger partial charge in [0.05, 0.1) is 6.54 Å². The van der Waals surface area contributed by atoms with Gasteiger partial charge in [0, 0.05) is 30.2 Å². The van der Waals surface area contributed by atoms with Crippen LogP contribution in [0.5, 0.6) is 0 Å². The van der Waals surface area contributed by atoms with Gasteiger partial charge in [-0.25, -0.2) is 0 Å². The Labute approximate surface area is 144 Å². The Morgan fingerprint density at radius 3 is 2.79 bits per heavy atom. The Morgan fingerprint density at radius 1 is 1.29 bits per heavy atom. The lowest BCUT2D eigenvalue weighted by Crippen LogP contribution is -2.44. The minimum atomic E-state index is 0.0623. The van der Waals surface area contributed by atoms with Crippen LogP contribution < -0.4 is 0 Å². The zero-order valence-corrected chi connectivity index (χ0v) is 14.8. The Hall–Kier alpha value is -1.65. The van der Waals surface area contributed by atoms with Crippen molar-refractivity contribution in [2.75, 3.05) is 19.7 Å². The second-order valence-electron chi connectivity index (χ2n) is 7.27. The van der Waals surface area contributed by atoms with Crippen molar-refractivity contribution in [1.29, 1.82) is 0 Å². The molecule has 0 spiro atoms. The molecule has 4 heteroatoms. The molecule has 1 aliphatic heterocycles. The van der Waals surface area contributed by atoms with Crippen LogP contribution in [0.4, 0.5) is 0 Å². The fourth-order valence-corrected chi connectivity index (χ4v) is 3.86. The molecule has 0 bridgehead atoms. The molecule has 130 valence electrons. The van der Waals surface area contributed by atoms with E-state index in [1.165, 1.54) is 5.56 Å². The molecule has 1 N–H and O–H groups in total. The number of rotatable bonds is 6. The standard InChI is InChI=1S/C20H28N2O2/c1-3-9-20(15-23)10-4-11-22(14-20)13-18-12-19(21-24-18)17-7-5-16(2)6-8-17/h5-8,12,23H,3-4,9-11,13-15H2,1-2H3. The molecule has 1 atom stereocenters. The number of nitrogens with zero attached hydrogens (tertiary/aromatic N) is 2. The summed E-state index contributed by atoms with van der Waals surface area (Å²) >= 11 is 0. The average Bonchev–Trinajstić information content (AvgIpc) is 3.04. The molecule has 0 amide bonds. The third kappa shape index (κ3) is 3.87. The second-order valence-corrected chi connectivity index (χ2v) is 7.27. The SMILES string of the molecule is CCCC1(CO)CCCN(Cc2cc(-c3ccc(C)cc3)no2)C1. The lowest BCUT2D eigenvalue weighted by Gasteiger charge is -2.41. The van der Waals surface area contributed by atoms with E-state index in [1.54, 1.807) is 0 Å². The topological polar surface area (TPSA) is 49.5 Å². The summed E-state index contributed by atoms with van der Waals surface area (Å²) < 4.78 is 5.56. The van der Waals surface area contributed by atoms with Gasteiger partial charge < -0.3 is 9.63 Å². The molecular weight excluding hydrogens is 300 g/mol. The third-order valence-corrected chi connectivity index (χ3v) is 5.14. The molecule has 1 aliphatic rings. The average molecular weight is 328 g/mol. The van der Waals surface area contributed by atoms with Crippen molar-refractivity contribution in [3.63, 3.8) is 0 Å². The highest BCUT2D eigenvalue weighted by Gasteiger charge is 2.34. The number of aliphatic hydroxyl groups is 1. The Morgan fingerprint density at radius 2 is 2.08 bits per heavy atom. The van der Waals surface area contributed by atoms with Crippen molar-refractivity contribution >= 4 is 0 Å². The summed E-state index contributed by atoms with van der Waals surface area (Å²) in [6.07, 6.45) is 4.47. The minimum Gasteiger partial charge on any atom is -0.396 e. The highest BCUT2D eigenvalue weighted by molar-refractivity contribution is 5.59. The number of aromatic nitrogens is 1. The first-order chi connectivity index (χ1) is 11.6. The lowest BCUT2D eigenvalue weighted by molar-refractivity contribution is 0.0184. The van der Waals surface area contributed by atoms with E-state index in [9.17, 15) is 5.11 Å². The lowest BCUT2D eigenvalue weighted by atomic mass is 9.77. The van der Waals surface area contributed by atoms with Crippen molar-refractivity contribution < 1.29 is 9.63 Å². The summed E-state index contributed by atoms with van der Waals surface area (Å²) in [7, 11) is 0. The van der Waals surface area contributed by atoms with Crippen molar-refractivity contribution in [3.8, 4) is 11.3 Å². The second kappa shape index (κ2) is 7.49. The van der Waals surface area contributed by atoms with Crippen LogP contribution in [0.25, 0.3) is 11.3 Å². The van der Waals surface area contributed by atoms with Gasteiger partial charge in [-0.05, 0) is 32.7 Å². The smallest absolute Gasteiger partial charge is 0.151 e. The van der Waals surface area contributed by atoms with E-state index in [4.69, 9.17) is 4.52 Å². The Bertz CT molecular complexity index is 646. The van der Waals surface area contributed by atoms with E-state index in [-0.39, 0.29) is 12.0 Å². The largest absolute Gasteiger partial charge is 0.396 e. The normalized spacial score (nSPS) is 22.0. The zero-order chi connectivity index (χ0) is 17.0.